The highest BCUT2D eigenvalue weighted by atomic mass is 19.3. The molecule has 13 heteroatoms. The van der Waals surface area contributed by atoms with Crippen LogP contribution in [0.25, 0.3) is 11.6 Å². The molecular formula is C23H22F5N5O3. The molecule has 2 unspecified atom stereocenters. The van der Waals surface area contributed by atoms with Crippen molar-refractivity contribution in [3.63, 3.8) is 0 Å². The third-order valence-electron chi connectivity index (χ3n) is 6.49. The third-order valence-corrected chi connectivity index (χ3v) is 6.49. The number of nitrogens with zero attached hydrogens (tertiary/aromatic N) is 4. The van der Waals surface area contributed by atoms with Gasteiger partial charge in [0.1, 0.15) is 11.4 Å². The van der Waals surface area contributed by atoms with E-state index >= 15 is 0 Å². The smallest absolute Gasteiger partial charge is 0.281 e. The lowest BCUT2D eigenvalue weighted by Gasteiger charge is -2.21. The van der Waals surface area contributed by atoms with Gasteiger partial charge in [-0.1, -0.05) is 12.1 Å². The van der Waals surface area contributed by atoms with Crippen molar-refractivity contribution in [1.82, 2.24) is 25.4 Å². The number of phenolic OH excluding ortho intramolecular Hbond substituents is 1. The van der Waals surface area contributed by atoms with Gasteiger partial charge < -0.3 is 14.9 Å². The van der Waals surface area contributed by atoms with Gasteiger partial charge in [0.15, 0.2) is 23.2 Å². The highest BCUT2D eigenvalue weighted by Gasteiger charge is 2.29. The number of rotatable bonds is 6. The summed E-state index contributed by atoms with van der Waals surface area (Å²) in [6.45, 7) is 2.15. The molecular weight excluding hydrogens is 489 g/mol. The van der Waals surface area contributed by atoms with Gasteiger partial charge in [-0.2, -0.15) is 9.37 Å². The van der Waals surface area contributed by atoms with Gasteiger partial charge in [0.25, 0.3) is 18.2 Å². The number of hydrogen-bond acceptors (Lipinski definition) is 7. The molecule has 0 saturated heterocycles. The maximum absolute atomic E-state index is 14.0. The van der Waals surface area contributed by atoms with Crippen molar-refractivity contribution in [1.29, 1.82) is 0 Å². The molecule has 8 nitrogen and oxygen atoms in total. The predicted molar refractivity (Wildman–Crippen MR) is 114 cm³/mol. The molecule has 2 heterocycles. The maximum atomic E-state index is 14.0. The van der Waals surface area contributed by atoms with E-state index in [4.69, 9.17) is 9.63 Å². The van der Waals surface area contributed by atoms with Gasteiger partial charge in [-0.25, -0.2) is 22.5 Å². The SMILES string of the molecule is C[C@@H]1CCC(c2noc(-c3cnc(C(F)F)cn3)n2)CCC1CNC(=O)c1cc(F)c(O)c(F)c1F. The zero-order valence-corrected chi connectivity index (χ0v) is 19.0. The van der Waals surface area contributed by atoms with Gasteiger partial charge >= 0.3 is 0 Å². The van der Waals surface area contributed by atoms with Crippen LogP contribution >= 0.6 is 0 Å². The molecule has 0 bridgehead atoms. The summed E-state index contributed by atoms with van der Waals surface area (Å²) >= 11 is 0. The van der Waals surface area contributed by atoms with Crippen molar-refractivity contribution in [2.24, 2.45) is 11.8 Å². The lowest BCUT2D eigenvalue weighted by Crippen LogP contribution is -2.32. The molecule has 4 rings (SSSR count). The number of amides is 1. The molecule has 1 aliphatic rings. The number of aromatic hydroxyl groups is 1. The Morgan fingerprint density at radius 1 is 1.14 bits per heavy atom. The molecule has 1 aromatic carbocycles. The van der Waals surface area contributed by atoms with Crippen molar-refractivity contribution in [3.8, 4) is 17.3 Å². The summed E-state index contributed by atoms with van der Waals surface area (Å²) in [6.07, 6.45) is 2.14. The molecule has 3 atom stereocenters. The molecule has 192 valence electrons. The zero-order valence-electron chi connectivity index (χ0n) is 19.0. The molecule has 36 heavy (non-hydrogen) atoms. The summed E-state index contributed by atoms with van der Waals surface area (Å²) in [6, 6.07) is 0.453. The van der Waals surface area contributed by atoms with Crippen molar-refractivity contribution in [2.45, 2.75) is 45.0 Å². The number of halogens is 5. The minimum absolute atomic E-state index is 0.00653. The van der Waals surface area contributed by atoms with E-state index in [1.807, 2.05) is 6.92 Å². The Morgan fingerprint density at radius 3 is 2.58 bits per heavy atom. The summed E-state index contributed by atoms with van der Waals surface area (Å²) in [4.78, 5) is 24.2. The van der Waals surface area contributed by atoms with Crippen molar-refractivity contribution < 1.29 is 36.4 Å². The lowest BCUT2D eigenvalue weighted by molar-refractivity contribution is 0.0935. The van der Waals surface area contributed by atoms with Crippen molar-refractivity contribution in [3.05, 3.63) is 53.0 Å². The van der Waals surface area contributed by atoms with Gasteiger partial charge in [-0.05, 0) is 43.6 Å². The minimum Gasteiger partial charge on any atom is -0.503 e. The second-order valence-electron chi connectivity index (χ2n) is 8.77. The first-order valence-electron chi connectivity index (χ1n) is 11.2. The van der Waals surface area contributed by atoms with Crippen LogP contribution in [0.5, 0.6) is 5.75 Å². The number of carbonyl (C=O) groups is 1. The molecule has 0 aliphatic heterocycles. The standard InChI is InChI=1S/C23H22F5N5O3/c1-10-2-3-11(21-32-23(36-33-21)16-9-29-15(8-30-16)20(27)28)4-5-12(10)7-31-22(35)13-6-14(24)19(34)18(26)17(13)25/h6,8-12,20,34H,2-5,7H2,1H3,(H,31,35)/t10-,11?,12?/m1/s1. The van der Waals surface area contributed by atoms with Crippen molar-refractivity contribution in [2.75, 3.05) is 6.54 Å². The molecule has 1 fully saturated rings. The lowest BCUT2D eigenvalue weighted by atomic mass is 9.89. The average molecular weight is 511 g/mol. The van der Waals surface area contributed by atoms with E-state index in [9.17, 15) is 26.7 Å². The van der Waals surface area contributed by atoms with Gasteiger partial charge in [-0.15, -0.1) is 0 Å². The molecule has 1 saturated carbocycles. The molecule has 3 aromatic rings. The van der Waals surface area contributed by atoms with E-state index in [-0.39, 0.29) is 35.9 Å². The molecule has 1 amide bonds. The second-order valence-corrected chi connectivity index (χ2v) is 8.77. The molecule has 2 N–H and O–H groups in total. The van der Waals surface area contributed by atoms with E-state index < -0.39 is 46.8 Å². The van der Waals surface area contributed by atoms with Gasteiger partial charge in [0.05, 0.1) is 18.0 Å². The van der Waals surface area contributed by atoms with E-state index in [2.05, 4.69) is 25.4 Å². The fourth-order valence-electron chi connectivity index (χ4n) is 4.24. The molecule has 1 aliphatic carbocycles. The van der Waals surface area contributed by atoms with Gasteiger partial charge in [-0.3, -0.25) is 9.78 Å². The Labute approximate surface area is 202 Å². The van der Waals surface area contributed by atoms with Crippen LogP contribution in [0.15, 0.2) is 23.0 Å². The van der Waals surface area contributed by atoms with Gasteiger partial charge in [0.2, 0.25) is 5.82 Å². The summed E-state index contributed by atoms with van der Waals surface area (Å²) in [7, 11) is 0. The number of phenols is 1. The normalized spacial score (nSPS) is 20.4. The quantitative estimate of drug-likeness (QED) is 0.274. The highest BCUT2D eigenvalue weighted by molar-refractivity contribution is 5.94. The van der Waals surface area contributed by atoms with Crippen molar-refractivity contribution >= 4 is 5.91 Å². The molecule has 0 spiro atoms. The Bertz CT molecular complexity index is 1240. The van der Waals surface area contributed by atoms with E-state index in [0.29, 0.717) is 24.7 Å². The van der Waals surface area contributed by atoms with E-state index in [1.165, 1.54) is 0 Å². The number of carbonyl (C=O) groups excluding carboxylic acids is 1. The van der Waals surface area contributed by atoms with E-state index in [1.54, 1.807) is 0 Å². The minimum atomic E-state index is -2.74. The van der Waals surface area contributed by atoms with Crippen LogP contribution in [0.1, 0.15) is 66.8 Å². The number of benzene rings is 1. The van der Waals surface area contributed by atoms with Crippen LogP contribution in [0, 0.1) is 29.3 Å². The largest absolute Gasteiger partial charge is 0.503 e. The third kappa shape index (κ3) is 5.29. The van der Waals surface area contributed by atoms with E-state index in [0.717, 1.165) is 25.2 Å². The maximum Gasteiger partial charge on any atom is 0.281 e. The topological polar surface area (TPSA) is 114 Å². The Balaban J connectivity index is 1.38. The Hall–Kier alpha value is -3.64. The number of hydrogen-bond donors (Lipinski definition) is 2. The monoisotopic (exact) mass is 511 g/mol. The number of alkyl halides is 2. The zero-order chi connectivity index (χ0) is 26.0. The predicted octanol–water partition coefficient (Wildman–Crippen LogP) is 4.93. The first-order chi connectivity index (χ1) is 17.2. The van der Waals surface area contributed by atoms with Crippen LogP contribution < -0.4 is 5.32 Å². The van der Waals surface area contributed by atoms with Crippen LogP contribution in [0.2, 0.25) is 0 Å². The first kappa shape index (κ1) is 25.5. The Morgan fingerprint density at radius 2 is 1.89 bits per heavy atom. The number of aromatic nitrogens is 4. The summed E-state index contributed by atoms with van der Waals surface area (Å²) in [5.41, 5.74) is -1.11. The van der Waals surface area contributed by atoms with Crippen LogP contribution in [-0.2, 0) is 0 Å². The summed E-state index contributed by atoms with van der Waals surface area (Å²) < 4.78 is 71.7. The highest BCUT2D eigenvalue weighted by Crippen LogP contribution is 2.36. The molecule has 0 radical (unpaired) electrons. The fourth-order valence-corrected chi connectivity index (χ4v) is 4.24. The summed E-state index contributed by atoms with van der Waals surface area (Å²) in [5.74, 6) is -6.73. The van der Waals surface area contributed by atoms with Gasteiger partial charge in [0, 0.05) is 12.5 Å². The average Bonchev–Trinajstić information content (AvgIpc) is 3.28. The summed E-state index contributed by atoms with van der Waals surface area (Å²) in [5, 5.41) is 15.7. The van der Waals surface area contributed by atoms with Crippen LogP contribution in [0.4, 0.5) is 22.0 Å². The first-order valence-corrected chi connectivity index (χ1v) is 11.2. The van der Waals surface area contributed by atoms with Crippen LogP contribution in [0.3, 0.4) is 0 Å². The Kier molecular flexibility index (Phi) is 7.45. The molecule has 2 aromatic heterocycles. The second kappa shape index (κ2) is 10.5. The number of nitrogens with one attached hydrogen (secondary N) is 1. The van der Waals surface area contributed by atoms with Crippen LogP contribution in [-0.4, -0.2) is 37.7 Å². The fraction of sp³-hybridized carbons (Fsp3) is 0.435.